The topological polar surface area (TPSA) is 432 Å². The number of aryl methyl sites for hydroxylation is 4. The molecule has 0 spiro atoms. The molecule has 0 saturated heterocycles. The van der Waals surface area contributed by atoms with Crippen LogP contribution in [0.5, 0.6) is 0 Å². The number of hydrogen-bond acceptors (Lipinski definition) is 23. The second kappa shape index (κ2) is 49.2. The fourth-order valence-corrected chi connectivity index (χ4v) is 12.9. The normalized spacial score (nSPS) is 13.5. The lowest BCUT2D eigenvalue weighted by Gasteiger charge is -2.39. The lowest BCUT2D eigenvalue weighted by molar-refractivity contribution is -0.127. The Morgan fingerprint density at radius 1 is 0.480 bits per heavy atom. The standard InChI is InChI=1S/C85H118ClN17O20/c1-56(91-83(113)123-84(4,5)6)25-30-122-85(7,8)51-75(107)87-26-23-73(105)95-71-54-101(11)76(97-71)81(111)93-64-49-69(99(9)52-64)79(109)88-27-24-74(106)96-72-55-102(12)77(98-72)82(112)94-65-50-70(100(10)53-65)80(110)90-29-32-115-34-36-117-38-40-119-42-44-121-46-45-120-43-41-118-39-37-116-35-33-114-31-28-89-78(108)60-15-13-59(14-16-60)61-17-22-68-66(48-61)67(47-57(2)103(68)58(3)104)92-63-20-18-62(86)19-21-63/h13-22,48-50,52-57,67,92H,23-47,51H2,1-12H3,(H,87,107)(H,88,109)(H,89,108)(H,90,110)(H,91,113)(H,93,111)(H,94,112)(H,95,105)(H,96,106)/t56?,57-,67+/m0/s1. The monoisotopic (exact) mass is 1730 g/mol. The van der Waals surface area contributed by atoms with Crippen LogP contribution in [0, 0.1) is 0 Å². The number of nitrogens with zero attached hydrogens (tertiary/aromatic N) is 7. The Morgan fingerprint density at radius 3 is 1.38 bits per heavy atom. The van der Waals surface area contributed by atoms with Gasteiger partial charge in [-0.2, -0.15) is 0 Å². The molecule has 0 saturated carbocycles. The highest BCUT2D eigenvalue weighted by Gasteiger charge is 2.34. The molecule has 5 heterocycles. The molecule has 37 nitrogen and oxygen atoms in total. The van der Waals surface area contributed by atoms with Crippen LogP contribution in [0.2, 0.25) is 5.02 Å². The molecule has 0 aliphatic carbocycles. The van der Waals surface area contributed by atoms with Gasteiger partial charge in [0.2, 0.25) is 35.3 Å². The third-order valence-corrected chi connectivity index (χ3v) is 19.0. The summed E-state index contributed by atoms with van der Waals surface area (Å²) in [6.07, 6.45) is 6.46. The van der Waals surface area contributed by atoms with Crippen molar-refractivity contribution in [3.05, 3.63) is 143 Å². The third-order valence-electron chi connectivity index (χ3n) is 18.7. The van der Waals surface area contributed by atoms with Crippen molar-refractivity contribution in [1.82, 2.24) is 54.8 Å². The molecule has 10 N–H and O–H groups in total. The van der Waals surface area contributed by atoms with Crippen molar-refractivity contribution in [2.75, 3.05) is 170 Å². The van der Waals surface area contributed by atoms with E-state index in [1.54, 1.807) is 92.6 Å². The Balaban J connectivity index is 0.573. The van der Waals surface area contributed by atoms with Gasteiger partial charge in [-0.05, 0) is 139 Å². The number of carbonyl (C=O) groups excluding carboxylic acids is 10. The smallest absolute Gasteiger partial charge is 0.407 e. The number of carbonyl (C=O) groups is 10. The van der Waals surface area contributed by atoms with Gasteiger partial charge in [-0.25, -0.2) is 14.8 Å². The predicted octanol–water partition coefficient (Wildman–Crippen LogP) is 7.94. The molecule has 670 valence electrons. The van der Waals surface area contributed by atoms with Crippen molar-refractivity contribution in [2.24, 2.45) is 28.2 Å². The van der Waals surface area contributed by atoms with E-state index in [9.17, 15) is 47.9 Å². The largest absolute Gasteiger partial charge is 0.444 e. The fraction of sp³-hybridized carbons (Fsp3) is 0.506. The van der Waals surface area contributed by atoms with Crippen LogP contribution in [0.3, 0.4) is 0 Å². The molecule has 3 aromatic carbocycles. The number of aromatic nitrogens is 6. The van der Waals surface area contributed by atoms with Gasteiger partial charge in [-0.15, -0.1) is 0 Å². The molecular formula is C85H118ClN17O20. The highest BCUT2D eigenvalue weighted by atomic mass is 35.5. The van der Waals surface area contributed by atoms with Crippen LogP contribution in [0.1, 0.15) is 152 Å². The summed E-state index contributed by atoms with van der Waals surface area (Å²) in [5.41, 5.74) is 4.88. The molecule has 7 aromatic rings. The Morgan fingerprint density at radius 2 is 0.919 bits per heavy atom. The SMILES string of the molecule is CC(=O)N1c2ccc(-c3ccc(C(=O)NCCOCCOCCOCCOCCOCCOCCOCCOCCNC(=O)c4cc(NC(=O)c5nc(NC(=O)CCNC(=O)c6cc(NC(=O)c7nc(NC(=O)CCNC(=O)CC(C)(C)OCCC(C)NC(=O)OC(C)(C)C)cn7C)cn6C)cn5C)cn4C)cc3)cc2[C@H](Nc2ccc(Cl)cc2)C[C@@H]1C. The molecule has 3 atom stereocenters. The van der Waals surface area contributed by atoms with Crippen molar-refractivity contribution < 1.29 is 95.3 Å². The van der Waals surface area contributed by atoms with Gasteiger partial charge in [-0.1, -0.05) is 29.8 Å². The van der Waals surface area contributed by atoms with Gasteiger partial charge >= 0.3 is 6.09 Å². The maximum atomic E-state index is 13.3. The average molecular weight is 1730 g/mol. The Kier molecular flexibility index (Phi) is 39.0. The van der Waals surface area contributed by atoms with Crippen molar-refractivity contribution in [1.29, 1.82) is 0 Å². The van der Waals surface area contributed by atoms with E-state index in [0.717, 1.165) is 34.5 Å². The summed E-state index contributed by atoms with van der Waals surface area (Å²) in [5.74, 6) is -3.57. The summed E-state index contributed by atoms with van der Waals surface area (Å²) in [6, 6.07) is 23.9. The number of ether oxygens (including phenoxy) is 10. The van der Waals surface area contributed by atoms with Crippen molar-refractivity contribution in [2.45, 2.75) is 117 Å². The van der Waals surface area contributed by atoms with Gasteiger partial charge < -0.3 is 124 Å². The Hall–Kier alpha value is -11.1. The molecular weight excluding hydrogens is 1610 g/mol. The third kappa shape index (κ3) is 33.6. The molecule has 10 amide bonds. The van der Waals surface area contributed by atoms with Crippen molar-refractivity contribution >= 4 is 105 Å². The van der Waals surface area contributed by atoms with Crippen LogP contribution in [0.4, 0.5) is 39.2 Å². The molecule has 0 fully saturated rings. The zero-order valence-corrected chi connectivity index (χ0v) is 72.9. The van der Waals surface area contributed by atoms with Gasteiger partial charge in [0.15, 0.2) is 11.6 Å². The van der Waals surface area contributed by atoms with Crippen LogP contribution in [0.15, 0.2) is 104 Å². The predicted molar refractivity (Wildman–Crippen MR) is 461 cm³/mol. The summed E-state index contributed by atoms with van der Waals surface area (Å²) < 4.78 is 61.7. The molecule has 1 aliphatic heterocycles. The lowest BCUT2D eigenvalue weighted by atomic mass is 9.88. The Labute approximate surface area is 721 Å². The van der Waals surface area contributed by atoms with Gasteiger partial charge in [0, 0.05) is 140 Å². The minimum atomic E-state index is -0.821. The molecule has 0 radical (unpaired) electrons. The van der Waals surface area contributed by atoms with Gasteiger partial charge in [-0.3, -0.25) is 43.2 Å². The molecule has 1 unspecified atom stereocenters. The zero-order valence-electron chi connectivity index (χ0n) is 72.1. The first-order valence-corrected chi connectivity index (χ1v) is 41.2. The lowest BCUT2D eigenvalue weighted by Crippen LogP contribution is -2.43. The number of fused-ring (bicyclic) bond motifs is 1. The maximum Gasteiger partial charge on any atom is 0.407 e. The van der Waals surface area contributed by atoms with E-state index < -0.39 is 52.7 Å². The zero-order chi connectivity index (χ0) is 89.0. The molecule has 1 aliphatic rings. The summed E-state index contributed by atoms with van der Waals surface area (Å²) in [4.78, 5) is 139. The number of alkyl carbamates (subject to hydrolysis) is 1. The van der Waals surface area contributed by atoms with E-state index in [-0.39, 0.29) is 128 Å². The number of hydrogen-bond donors (Lipinski definition) is 10. The fourth-order valence-electron chi connectivity index (χ4n) is 12.8. The van der Waals surface area contributed by atoms with Crippen molar-refractivity contribution in [3.8, 4) is 11.1 Å². The highest BCUT2D eigenvalue weighted by Crippen LogP contribution is 2.41. The second-order valence-corrected chi connectivity index (χ2v) is 31.2. The number of amides is 10. The number of imidazole rings is 2. The molecule has 0 bridgehead atoms. The van der Waals surface area contributed by atoms with E-state index >= 15 is 0 Å². The number of benzene rings is 3. The maximum absolute atomic E-state index is 13.3. The quantitative estimate of drug-likeness (QED) is 0.0162. The average Bonchev–Trinajstić information content (AvgIpc) is 1.69. The van der Waals surface area contributed by atoms with Gasteiger partial charge in [0.05, 0.1) is 135 Å². The van der Waals surface area contributed by atoms with Crippen LogP contribution in [0.25, 0.3) is 11.1 Å². The first-order chi connectivity index (χ1) is 58.8. The molecule has 123 heavy (non-hydrogen) atoms. The summed E-state index contributed by atoms with van der Waals surface area (Å²) in [7, 11) is 6.39. The number of anilines is 6. The Bertz CT molecular complexity index is 4630. The first kappa shape index (κ1) is 97.3. The van der Waals surface area contributed by atoms with Crippen LogP contribution < -0.4 is 58.1 Å². The molecule has 4 aromatic heterocycles. The van der Waals surface area contributed by atoms with Crippen LogP contribution in [-0.4, -0.2) is 249 Å². The minimum Gasteiger partial charge on any atom is -0.444 e. The summed E-state index contributed by atoms with van der Waals surface area (Å²) in [6.45, 7) is 21.0. The van der Waals surface area contributed by atoms with Crippen LogP contribution in [-0.2, 0) is 94.7 Å². The van der Waals surface area contributed by atoms with E-state index in [0.29, 0.717) is 128 Å². The van der Waals surface area contributed by atoms with Gasteiger partial charge in [0.1, 0.15) is 17.0 Å². The number of nitrogens with one attached hydrogen (secondary N) is 10. The van der Waals surface area contributed by atoms with Gasteiger partial charge in [0.25, 0.3) is 29.5 Å². The first-order valence-electron chi connectivity index (χ1n) is 40.8. The summed E-state index contributed by atoms with van der Waals surface area (Å²) >= 11 is 6.14. The van der Waals surface area contributed by atoms with E-state index in [2.05, 4.69) is 76.1 Å². The minimum absolute atomic E-state index is 0.00678. The second-order valence-electron chi connectivity index (χ2n) is 30.7. The number of rotatable bonds is 52. The van der Waals surface area contributed by atoms with E-state index in [4.69, 9.17) is 59.0 Å². The summed E-state index contributed by atoms with van der Waals surface area (Å²) in [5, 5.41) is 28.8. The number of halogens is 1. The van der Waals surface area contributed by atoms with E-state index in [1.807, 2.05) is 60.4 Å². The molecule has 8 rings (SSSR count). The highest BCUT2D eigenvalue weighted by molar-refractivity contribution is 6.30. The van der Waals surface area contributed by atoms with E-state index in [1.165, 1.54) is 44.4 Å². The molecule has 38 heteroatoms. The van der Waals surface area contributed by atoms with Crippen molar-refractivity contribution in [3.63, 3.8) is 0 Å². The van der Waals surface area contributed by atoms with Crippen LogP contribution >= 0.6 is 11.6 Å².